The van der Waals surface area contributed by atoms with E-state index in [1.165, 1.54) is 23.6 Å². The number of hydrogen-bond donors (Lipinski definition) is 1. The fourth-order valence-corrected chi connectivity index (χ4v) is 3.03. The normalized spacial score (nSPS) is 10.7. The van der Waals surface area contributed by atoms with Crippen molar-refractivity contribution in [2.75, 3.05) is 5.32 Å². The first-order chi connectivity index (χ1) is 11.5. The molecular weight excluding hydrogens is 330 g/mol. The number of amides is 1. The van der Waals surface area contributed by atoms with E-state index in [9.17, 15) is 13.6 Å². The van der Waals surface area contributed by atoms with Gasteiger partial charge in [0.15, 0.2) is 5.13 Å². The zero-order valence-electron chi connectivity index (χ0n) is 13.1. The molecule has 1 amide bonds. The monoisotopic (exact) mass is 344 g/mol. The number of thiazole rings is 1. The molecule has 0 bridgehead atoms. The summed E-state index contributed by atoms with van der Waals surface area (Å²) in [5.74, 6) is -1.67. The van der Waals surface area contributed by atoms with Gasteiger partial charge in [-0.15, -0.1) is 11.3 Å². The molecule has 2 aromatic carbocycles. The van der Waals surface area contributed by atoms with Crippen molar-refractivity contribution in [3.05, 3.63) is 70.1 Å². The molecule has 0 aliphatic heterocycles. The fourth-order valence-electron chi connectivity index (χ4n) is 2.33. The summed E-state index contributed by atoms with van der Waals surface area (Å²) < 4.78 is 27.6. The number of benzene rings is 2. The molecular formula is C18H14F2N2OS. The standard InChI is InChI=1S/C18H14F2N2OS/c1-10-6-7-11(2)12(8-10)17(23)22-18-21-15(9-24-18)16-13(19)4-3-5-14(16)20/h3-9H,1-2H3,(H,21,22,23). The number of aromatic nitrogens is 1. The average molecular weight is 344 g/mol. The van der Waals surface area contributed by atoms with Crippen LogP contribution >= 0.6 is 11.3 Å². The van der Waals surface area contributed by atoms with E-state index in [1.807, 2.05) is 26.0 Å². The van der Waals surface area contributed by atoms with Crippen molar-refractivity contribution in [2.24, 2.45) is 0 Å². The third-order valence-corrected chi connectivity index (χ3v) is 4.34. The number of carbonyl (C=O) groups is 1. The van der Waals surface area contributed by atoms with Crippen LogP contribution in [0, 0.1) is 25.5 Å². The minimum Gasteiger partial charge on any atom is -0.298 e. The van der Waals surface area contributed by atoms with E-state index in [-0.39, 0.29) is 17.2 Å². The lowest BCUT2D eigenvalue weighted by molar-refractivity contribution is 0.102. The van der Waals surface area contributed by atoms with Crippen LogP contribution in [0.1, 0.15) is 21.5 Å². The first-order valence-corrected chi connectivity index (χ1v) is 8.12. The minimum absolute atomic E-state index is 0.159. The minimum atomic E-state index is -0.687. The molecule has 3 rings (SSSR count). The molecule has 6 heteroatoms. The molecule has 0 unspecified atom stereocenters. The largest absolute Gasteiger partial charge is 0.298 e. The number of rotatable bonds is 3. The Bertz CT molecular complexity index is 901. The van der Waals surface area contributed by atoms with Crippen LogP contribution in [0.2, 0.25) is 0 Å². The Labute approximate surface area is 142 Å². The number of nitrogens with zero attached hydrogens (tertiary/aromatic N) is 1. The lowest BCUT2D eigenvalue weighted by Crippen LogP contribution is -2.13. The molecule has 0 atom stereocenters. The molecule has 3 aromatic rings. The van der Waals surface area contributed by atoms with Crippen LogP contribution in [0.3, 0.4) is 0 Å². The van der Waals surface area contributed by atoms with Crippen LogP contribution < -0.4 is 5.32 Å². The van der Waals surface area contributed by atoms with Gasteiger partial charge in [0.2, 0.25) is 0 Å². The molecule has 0 radical (unpaired) electrons. The first kappa shape index (κ1) is 16.3. The molecule has 0 fully saturated rings. The molecule has 0 saturated heterocycles. The van der Waals surface area contributed by atoms with E-state index < -0.39 is 11.6 Å². The predicted molar refractivity (Wildman–Crippen MR) is 91.3 cm³/mol. The number of anilines is 1. The summed E-state index contributed by atoms with van der Waals surface area (Å²) in [4.78, 5) is 16.5. The van der Waals surface area contributed by atoms with E-state index in [1.54, 1.807) is 6.07 Å². The van der Waals surface area contributed by atoms with Crippen LogP contribution in [0.5, 0.6) is 0 Å². The van der Waals surface area contributed by atoms with Gasteiger partial charge >= 0.3 is 0 Å². The highest BCUT2D eigenvalue weighted by Gasteiger charge is 2.16. The Morgan fingerprint density at radius 1 is 1.12 bits per heavy atom. The molecule has 24 heavy (non-hydrogen) atoms. The van der Waals surface area contributed by atoms with E-state index in [4.69, 9.17) is 0 Å². The third-order valence-electron chi connectivity index (χ3n) is 3.58. The highest BCUT2D eigenvalue weighted by molar-refractivity contribution is 7.14. The summed E-state index contributed by atoms with van der Waals surface area (Å²) in [6, 6.07) is 9.22. The maximum Gasteiger partial charge on any atom is 0.257 e. The number of nitrogens with one attached hydrogen (secondary N) is 1. The molecule has 0 spiro atoms. The Balaban J connectivity index is 1.87. The Morgan fingerprint density at radius 3 is 2.54 bits per heavy atom. The first-order valence-electron chi connectivity index (χ1n) is 7.24. The number of halogens is 2. The van der Waals surface area contributed by atoms with Crippen molar-refractivity contribution in [3.63, 3.8) is 0 Å². The maximum atomic E-state index is 13.8. The second-order valence-corrected chi connectivity index (χ2v) is 6.27. The van der Waals surface area contributed by atoms with Gasteiger partial charge in [-0.05, 0) is 37.6 Å². The SMILES string of the molecule is Cc1ccc(C)c(C(=O)Nc2nc(-c3c(F)cccc3F)cs2)c1. The van der Waals surface area contributed by atoms with Crippen LogP contribution in [0.15, 0.2) is 41.8 Å². The van der Waals surface area contributed by atoms with Gasteiger partial charge in [0, 0.05) is 10.9 Å². The summed E-state index contributed by atoms with van der Waals surface area (Å²) in [5, 5.41) is 4.48. The predicted octanol–water partition coefficient (Wildman–Crippen LogP) is 4.96. The molecule has 1 heterocycles. The number of carbonyl (C=O) groups excluding carboxylic acids is 1. The molecule has 0 aliphatic rings. The lowest BCUT2D eigenvalue weighted by atomic mass is 10.1. The van der Waals surface area contributed by atoms with Crippen LogP contribution in [-0.2, 0) is 0 Å². The topological polar surface area (TPSA) is 42.0 Å². The highest BCUT2D eigenvalue weighted by atomic mass is 32.1. The number of hydrogen-bond acceptors (Lipinski definition) is 3. The van der Waals surface area contributed by atoms with Crippen molar-refractivity contribution in [1.29, 1.82) is 0 Å². The van der Waals surface area contributed by atoms with Crippen molar-refractivity contribution >= 4 is 22.4 Å². The molecule has 1 N–H and O–H groups in total. The van der Waals surface area contributed by atoms with Crippen molar-refractivity contribution in [3.8, 4) is 11.3 Å². The van der Waals surface area contributed by atoms with Gasteiger partial charge in [-0.25, -0.2) is 13.8 Å². The Kier molecular flexibility index (Phi) is 4.40. The maximum absolute atomic E-state index is 13.8. The molecule has 3 nitrogen and oxygen atoms in total. The van der Waals surface area contributed by atoms with Gasteiger partial charge < -0.3 is 0 Å². The zero-order valence-corrected chi connectivity index (χ0v) is 13.9. The van der Waals surface area contributed by atoms with Gasteiger partial charge in [0.05, 0.1) is 11.3 Å². The van der Waals surface area contributed by atoms with E-state index in [0.29, 0.717) is 10.7 Å². The lowest BCUT2D eigenvalue weighted by Gasteiger charge is -2.06. The van der Waals surface area contributed by atoms with Crippen molar-refractivity contribution in [2.45, 2.75) is 13.8 Å². The molecule has 0 saturated carbocycles. The smallest absolute Gasteiger partial charge is 0.257 e. The van der Waals surface area contributed by atoms with Crippen molar-refractivity contribution < 1.29 is 13.6 Å². The van der Waals surface area contributed by atoms with Crippen LogP contribution in [0.25, 0.3) is 11.3 Å². The summed E-state index contributed by atoms with van der Waals surface area (Å²) in [6.45, 7) is 3.75. The average Bonchev–Trinajstić information content (AvgIpc) is 2.97. The summed E-state index contributed by atoms with van der Waals surface area (Å²) in [7, 11) is 0. The molecule has 0 aliphatic carbocycles. The van der Waals surface area contributed by atoms with Gasteiger partial charge in [-0.1, -0.05) is 23.8 Å². The summed E-state index contributed by atoms with van der Waals surface area (Å²) in [6.07, 6.45) is 0. The van der Waals surface area contributed by atoms with E-state index in [2.05, 4.69) is 10.3 Å². The second-order valence-electron chi connectivity index (χ2n) is 5.41. The van der Waals surface area contributed by atoms with Crippen LogP contribution in [-0.4, -0.2) is 10.9 Å². The highest BCUT2D eigenvalue weighted by Crippen LogP contribution is 2.29. The van der Waals surface area contributed by atoms with Crippen LogP contribution in [0.4, 0.5) is 13.9 Å². The summed E-state index contributed by atoms with van der Waals surface area (Å²) >= 11 is 1.12. The van der Waals surface area contributed by atoms with Crippen molar-refractivity contribution in [1.82, 2.24) is 4.98 Å². The van der Waals surface area contributed by atoms with E-state index in [0.717, 1.165) is 22.5 Å². The quantitative estimate of drug-likeness (QED) is 0.730. The van der Waals surface area contributed by atoms with Gasteiger partial charge in [0.1, 0.15) is 11.6 Å². The summed E-state index contributed by atoms with van der Waals surface area (Å²) in [5.41, 5.74) is 2.32. The van der Waals surface area contributed by atoms with Gasteiger partial charge in [0.25, 0.3) is 5.91 Å². The van der Waals surface area contributed by atoms with Gasteiger partial charge in [-0.2, -0.15) is 0 Å². The number of aryl methyl sites for hydroxylation is 2. The van der Waals surface area contributed by atoms with Gasteiger partial charge in [-0.3, -0.25) is 10.1 Å². The molecule has 122 valence electrons. The molecule has 1 aromatic heterocycles. The van der Waals surface area contributed by atoms with E-state index >= 15 is 0 Å². The second kappa shape index (κ2) is 6.49. The zero-order chi connectivity index (χ0) is 17.3. The third kappa shape index (κ3) is 3.19. The Morgan fingerprint density at radius 2 is 1.83 bits per heavy atom. The Hall–Kier alpha value is -2.60. The fraction of sp³-hybridized carbons (Fsp3) is 0.111.